The quantitative estimate of drug-likeness (QED) is 0.902. The molecule has 0 aromatic heterocycles. The van der Waals surface area contributed by atoms with E-state index < -0.39 is 21.8 Å². The number of hydrogen-bond acceptors (Lipinski definition) is 3. The lowest BCUT2D eigenvalue weighted by atomic mass is 10.2. The number of nitrogens with one attached hydrogen (secondary N) is 1. The average molecular weight is 355 g/mol. The van der Waals surface area contributed by atoms with Crippen molar-refractivity contribution in [3.8, 4) is 0 Å². The molecule has 0 spiro atoms. The summed E-state index contributed by atoms with van der Waals surface area (Å²) in [6.07, 6.45) is 1.13. The lowest BCUT2D eigenvalue weighted by Crippen LogP contribution is -2.37. The standard InChI is InChI=1S/C11H13BrClNO3S/c1-7(6-18(2,16)17)14-11(15)8-4-3-5-9(12)10(8)13/h3-5,7H,6H2,1-2H3,(H,14,15). The molecule has 0 bridgehead atoms. The van der Waals surface area contributed by atoms with Crippen molar-refractivity contribution in [3.63, 3.8) is 0 Å². The predicted octanol–water partition coefficient (Wildman–Crippen LogP) is 2.27. The topological polar surface area (TPSA) is 63.2 Å². The van der Waals surface area contributed by atoms with Crippen molar-refractivity contribution in [3.05, 3.63) is 33.3 Å². The molecule has 4 nitrogen and oxygen atoms in total. The first-order chi connectivity index (χ1) is 8.20. The van der Waals surface area contributed by atoms with E-state index in [-0.39, 0.29) is 5.75 Å². The van der Waals surface area contributed by atoms with Crippen LogP contribution < -0.4 is 5.32 Å². The second-order valence-corrected chi connectivity index (χ2v) is 7.49. The van der Waals surface area contributed by atoms with Gasteiger partial charge in [0.25, 0.3) is 5.91 Å². The molecular formula is C11H13BrClNO3S. The van der Waals surface area contributed by atoms with Gasteiger partial charge in [0.05, 0.1) is 16.3 Å². The summed E-state index contributed by atoms with van der Waals surface area (Å²) in [5.41, 5.74) is 0.311. The lowest BCUT2D eigenvalue weighted by molar-refractivity contribution is 0.0944. The van der Waals surface area contributed by atoms with Crippen LogP contribution in [0.3, 0.4) is 0 Å². The summed E-state index contributed by atoms with van der Waals surface area (Å²) in [6.45, 7) is 1.63. The van der Waals surface area contributed by atoms with E-state index in [4.69, 9.17) is 11.6 Å². The van der Waals surface area contributed by atoms with Gasteiger partial charge in [-0.2, -0.15) is 0 Å². The van der Waals surface area contributed by atoms with E-state index in [2.05, 4.69) is 21.2 Å². The molecule has 0 aliphatic rings. The molecular weight excluding hydrogens is 342 g/mol. The summed E-state index contributed by atoms with van der Waals surface area (Å²) in [6, 6.07) is 4.52. The zero-order valence-corrected chi connectivity index (χ0v) is 13.1. The molecule has 1 rings (SSSR count). The highest BCUT2D eigenvalue weighted by atomic mass is 79.9. The number of carbonyl (C=O) groups is 1. The van der Waals surface area contributed by atoms with Crippen molar-refractivity contribution in [2.24, 2.45) is 0 Å². The minimum Gasteiger partial charge on any atom is -0.349 e. The van der Waals surface area contributed by atoms with Gasteiger partial charge in [-0.3, -0.25) is 4.79 Å². The molecule has 0 saturated heterocycles. The maximum atomic E-state index is 11.9. The third-order valence-corrected chi connectivity index (χ3v) is 4.53. The third-order valence-electron chi connectivity index (χ3n) is 2.13. The Morgan fingerprint density at radius 2 is 2.11 bits per heavy atom. The molecule has 0 heterocycles. The van der Waals surface area contributed by atoms with Gasteiger partial charge < -0.3 is 5.32 Å². The monoisotopic (exact) mass is 353 g/mol. The molecule has 0 saturated carbocycles. The molecule has 0 aliphatic heterocycles. The van der Waals surface area contributed by atoms with E-state index in [1.54, 1.807) is 25.1 Å². The van der Waals surface area contributed by atoms with Crippen molar-refractivity contribution in [2.45, 2.75) is 13.0 Å². The van der Waals surface area contributed by atoms with Crippen molar-refractivity contribution in [2.75, 3.05) is 12.0 Å². The van der Waals surface area contributed by atoms with Gasteiger partial charge in [-0.05, 0) is 35.0 Å². The van der Waals surface area contributed by atoms with Crippen molar-refractivity contribution in [1.82, 2.24) is 5.32 Å². The van der Waals surface area contributed by atoms with Gasteiger partial charge in [-0.1, -0.05) is 17.7 Å². The first-order valence-electron chi connectivity index (χ1n) is 5.13. The molecule has 100 valence electrons. The molecule has 1 unspecified atom stereocenters. The highest BCUT2D eigenvalue weighted by Gasteiger charge is 2.17. The summed E-state index contributed by atoms with van der Waals surface area (Å²) in [4.78, 5) is 11.9. The summed E-state index contributed by atoms with van der Waals surface area (Å²) in [5.74, 6) is -0.498. The fraction of sp³-hybridized carbons (Fsp3) is 0.364. The molecule has 0 fully saturated rings. The van der Waals surface area contributed by atoms with Crippen LogP contribution in [0, 0.1) is 0 Å². The van der Waals surface area contributed by atoms with Crippen molar-refractivity contribution >= 4 is 43.3 Å². The van der Waals surface area contributed by atoms with Gasteiger partial charge >= 0.3 is 0 Å². The largest absolute Gasteiger partial charge is 0.349 e. The average Bonchev–Trinajstić information content (AvgIpc) is 2.18. The molecule has 1 N–H and O–H groups in total. The molecule has 0 aliphatic carbocycles. The van der Waals surface area contributed by atoms with Crippen LogP contribution in [0.5, 0.6) is 0 Å². The fourth-order valence-corrected chi connectivity index (χ4v) is 3.05. The van der Waals surface area contributed by atoms with Gasteiger partial charge in [0.2, 0.25) is 0 Å². The first-order valence-corrected chi connectivity index (χ1v) is 8.36. The molecule has 1 aromatic carbocycles. The fourth-order valence-electron chi connectivity index (χ4n) is 1.48. The molecule has 1 aromatic rings. The van der Waals surface area contributed by atoms with Gasteiger partial charge in [0.15, 0.2) is 0 Å². The number of halogens is 2. The summed E-state index contributed by atoms with van der Waals surface area (Å²) < 4.78 is 22.8. The van der Waals surface area contributed by atoms with E-state index in [1.807, 2.05) is 0 Å². The van der Waals surface area contributed by atoms with Crippen LogP contribution in [0.25, 0.3) is 0 Å². The summed E-state index contributed by atoms with van der Waals surface area (Å²) in [7, 11) is -3.13. The number of benzene rings is 1. The molecule has 0 radical (unpaired) electrons. The third kappa shape index (κ3) is 4.59. The van der Waals surface area contributed by atoms with Gasteiger partial charge in [0, 0.05) is 16.8 Å². The van der Waals surface area contributed by atoms with E-state index >= 15 is 0 Å². The summed E-state index contributed by atoms with van der Waals surface area (Å²) in [5, 5.41) is 2.90. The second kappa shape index (κ2) is 6.04. The zero-order valence-electron chi connectivity index (χ0n) is 9.91. The highest BCUT2D eigenvalue weighted by molar-refractivity contribution is 9.10. The van der Waals surface area contributed by atoms with Crippen LogP contribution in [0.2, 0.25) is 5.02 Å². The molecule has 18 heavy (non-hydrogen) atoms. The van der Waals surface area contributed by atoms with Gasteiger partial charge in [0.1, 0.15) is 9.84 Å². The van der Waals surface area contributed by atoms with Crippen LogP contribution >= 0.6 is 27.5 Å². The number of carbonyl (C=O) groups excluding carboxylic acids is 1. The minimum absolute atomic E-state index is 0.107. The molecule has 1 amide bonds. The number of hydrogen-bond donors (Lipinski definition) is 1. The Labute approximate surface area is 120 Å². The number of amides is 1. The number of rotatable bonds is 4. The van der Waals surface area contributed by atoms with E-state index in [0.29, 0.717) is 15.1 Å². The van der Waals surface area contributed by atoms with Crippen molar-refractivity contribution in [1.29, 1.82) is 0 Å². The Hall–Kier alpha value is -0.590. The van der Waals surface area contributed by atoms with Crippen LogP contribution in [-0.2, 0) is 9.84 Å². The SMILES string of the molecule is CC(CS(C)(=O)=O)NC(=O)c1cccc(Br)c1Cl. The Morgan fingerprint density at radius 1 is 1.50 bits per heavy atom. The van der Waals surface area contributed by atoms with Crippen LogP contribution in [-0.4, -0.2) is 32.4 Å². The Kier molecular flexibility index (Phi) is 5.19. The maximum Gasteiger partial charge on any atom is 0.253 e. The lowest BCUT2D eigenvalue weighted by Gasteiger charge is -2.13. The Morgan fingerprint density at radius 3 is 2.67 bits per heavy atom. The minimum atomic E-state index is -3.13. The molecule has 1 atom stereocenters. The molecule has 7 heteroatoms. The van der Waals surface area contributed by atoms with E-state index in [1.165, 1.54) is 0 Å². The van der Waals surface area contributed by atoms with Crippen LogP contribution in [0.4, 0.5) is 0 Å². The predicted molar refractivity (Wildman–Crippen MR) is 75.8 cm³/mol. The van der Waals surface area contributed by atoms with E-state index in [9.17, 15) is 13.2 Å². The smallest absolute Gasteiger partial charge is 0.253 e. The van der Waals surface area contributed by atoms with Crippen LogP contribution in [0.15, 0.2) is 22.7 Å². The second-order valence-electron chi connectivity index (χ2n) is 4.07. The Balaban J connectivity index is 2.80. The van der Waals surface area contributed by atoms with E-state index in [0.717, 1.165) is 6.26 Å². The van der Waals surface area contributed by atoms with Gasteiger partial charge in [-0.25, -0.2) is 8.42 Å². The van der Waals surface area contributed by atoms with Gasteiger partial charge in [-0.15, -0.1) is 0 Å². The number of sulfone groups is 1. The first kappa shape index (κ1) is 15.5. The maximum absolute atomic E-state index is 11.9. The summed E-state index contributed by atoms with van der Waals surface area (Å²) >= 11 is 9.20. The van der Waals surface area contributed by atoms with Crippen LogP contribution in [0.1, 0.15) is 17.3 Å². The highest BCUT2D eigenvalue weighted by Crippen LogP contribution is 2.25. The zero-order chi connectivity index (χ0) is 13.9. The Bertz CT molecular complexity index is 559. The van der Waals surface area contributed by atoms with Crippen molar-refractivity contribution < 1.29 is 13.2 Å². The normalized spacial score (nSPS) is 13.1.